The molecule has 1 aliphatic heterocycles. The fourth-order valence-corrected chi connectivity index (χ4v) is 5.99. The van der Waals surface area contributed by atoms with E-state index in [-0.39, 0.29) is 23.9 Å². The summed E-state index contributed by atoms with van der Waals surface area (Å²) in [5.74, 6) is 0.553. The van der Waals surface area contributed by atoms with Crippen molar-refractivity contribution in [1.29, 1.82) is 0 Å². The molecule has 1 N–H and O–H groups in total. The molecule has 0 aromatic carbocycles. The second-order valence-electron chi connectivity index (χ2n) is 9.15. The zero-order valence-electron chi connectivity index (χ0n) is 18.0. The minimum absolute atomic E-state index is 0.0305. The number of aliphatic hydroxyl groups is 1. The van der Waals surface area contributed by atoms with Gasteiger partial charge in [-0.3, -0.25) is 14.2 Å². The number of carbonyl (C=O) groups excluding carboxylic acids is 1. The number of fused-ring (bicyclic) bond motifs is 1. The van der Waals surface area contributed by atoms with E-state index in [2.05, 4.69) is 26.8 Å². The van der Waals surface area contributed by atoms with Crippen LogP contribution in [0, 0.1) is 5.92 Å². The molecule has 1 aliphatic carbocycles. The van der Waals surface area contributed by atoms with E-state index in [1.807, 2.05) is 4.90 Å². The third-order valence-corrected chi connectivity index (χ3v) is 7.81. The van der Waals surface area contributed by atoms with Crippen LogP contribution in [0.1, 0.15) is 50.0 Å². The van der Waals surface area contributed by atoms with Crippen molar-refractivity contribution in [2.24, 2.45) is 5.92 Å². The maximum Gasteiger partial charge on any atom is 0.279 e. The SMILES string of the molecule is O=C(C1CCCCC1c1ccsc1)N1CCC(O)(Cn2cnc3cccnc3c2=O)CC1. The van der Waals surface area contributed by atoms with Gasteiger partial charge >= 0.3 is 0 Å². The fourth-order valence-electron chi connectivity index (χ4n) is 5.26. The van der Waals surface area contributed by atoms with E-state index in [0.717, 1.165) is 19.3 Å². The molecule has 2 aliphatic rings. The Morgan fingerprint density at radius 1 is 1.19 bits per heavy atom. The molecule has 3 aromatic heterocycles. The molecule has 2 fully saturated rings. The molecule has 3 aromatic rings. The van der Waals surface area contributed by atoms with Crippen molar-refractivity contribution in [2.75, 3.05) is 13.1 Å². The average Bonchev–Trinajstić information content (AvgIpc) is 3.36. The summed E-state index contributed by atoms with van der Waals surface area (Å²) in [5.41, 5.74) is 0.864. The number of carbonyl (C=O) groups is 1. The van der Waals surface area contributed by atoms with Crippen molar-refractivity contribution in [3.63, 3.8) is 0 Å². The van der Waals surface area contributed by atoms with Gasteiger partial charge < -0.3 is 10.0 Å². The van der Waals surface area contributed by atoms with Gasteiger partial charge in [-0.1, -0.05) is 12.8 Å². The first kappa shape index (κ1) is 21.3. The molecule has 2 atom stereocenters. The van der Waals surface area contributed by atoms with Gasteiger partial charge in [0.25, 0.3) is 5.56 Å². The topological polar surface area (TPSA) is 88.3 Å². The average molecular weight is 453 g/mol. The van der Waals surface area contributed by atoms with Gasteiger partial charge in [-0.2, -0.15) is 11.3 Å². The van der Waals surface area contributed by atoms with E-state index < -0.39 is 5.60 Å². The van der Waals surface area contributed by atoms with Crippen LogP contribution in [0.2, 0.25) is 0 Å². The van der Waals surface area contributed by atoms with E-state index in [0.29, 0.717) is 42.9 Å². The predicted molar refractivity (Wildman–Crippen MR) is 124 cm³/mol. The van der Waals surface area contributed by atoms with Gasteiger partial charge in [0.05, 0.1) is 24.0 Å². The van der Waals surface area contributed by atoms with Gasteiger partial charge in [0, 0.05) is 25.2 Å². The van der Waals surface area contributed by atoms with Crippen LogP contribution in [0.3, 0.4) is 0 Å². The van der Waals surface area contributed by atoms with Crippen LogP contribution in [-0.2, 0) is 11.3 Å². The quantitative estimate of drug-likeness (QED) is 0.657. The first-order chi connectivity index (χ1) is 15.5. The number of thiophene rings is 1. The van der Waals surface area contributed by atoms with Crippen molar-refractivity contribution in [2.45, 2.75) is 56.6 Å². The predicted octanol–water partition coefficient (Wildman–Crippen LogP) is 3.18. The number of pyridine rings is 1. The molecular weight excluding hydrogens is 424 g/mol. The Hall–Kier alpha value is -2.58. The molecule has 5 rings (SSSR count). The van der Waals surface area contributed by atoms with Gasteiger partial charge in [-0.15, -0.1) is 0 Å². The summed E-state index contributed by atoms with van der Waals surface area (Å²) < 4.78 is 1.44. The molecule has 168 valence electrons. The van der Waals surface area contributed by atoms with E-state index in [1.165, 1.54) is 22.9 Å². The summed E-state index contributed by atoms with van der Waals surface area (Å²) in [5, 5.41) is 15.5. The highest BCUT2D eigenvalue weighted by Crippen LogP contribution is 2.40. The van der Waals surface area contributed by atoms with Crippen LogP contribution in [-0.4, -0.2) is 49.1 Å². The van der Waals surface area contributed by atoms with Crippen LogP contribution in [0.15, 0.2) is 46.3 Å². The third kappa shape index (κ3) is 4.09. The second-order valence-corrected chi connectivity index (χ2v) is 9.93. The lowest BCUT2D eigenvalue weighted by Gasteiger charge is -2.41. The number of aromatic nitrogens is 3. The van der Waals surface area contributed by atoms with E-state index in [1.54, 1.807) is 29.7 Å². The van der Waals surface area contributed by atoms with E-state index in [4.69, 9.17) is 0 Å². The summed E-state index contributed by atoms with van der Waals surface area (Å²) in [6.07, 6.45) is 8.22. The molecule has 1 amide bonds. The Bertz CT molecular complexity index is 1150. The highest BCUT2D eigenvalue weighted by molar-refractivity contribution is 7.08. The summed E-state index contributed by atoms with van der Waals surface area (Å²) in [6, 6.07) is 5.65. The molecule has 4 heterocycles. The largest absolute Gasteiger partial charge is 0.388 e. The van der Waals surface area contributed by atoms with E-state index in [9.17, 15) is 14.7 Å². The minimum atomic E-state index is -1.04. The molecule has 7 nitrogen and oxygen atoms in total. The zero-order chi connectivity index (χ0) is 22.1. The van der Waals surface area contributed by atoms with Crippen LogP contribution < -0.4 is 5.56 Å². The number of likely N-dealkylation sites (tertiary alicyclic amines) is 1. The summed E-state index contributed by atoms with van der Waals surface area (Å²) in [4.78, 5) is 36.5. The van der Waals surface area contributed by atoms with E-state index >= 15 is 0 Å². The lowest BCUT2D eigenvalue weighted by molar-refractivity contribution is -0.142. The molecule has 32 heavy (non-hydrogen) atoms. The number of rotatable bonds is 4. The number of hydrogen-bond acceptors (Lipinski definition) is 6. The zero-order valence-corrected chi connectivity index (χ0v) is 18.8. The lowest BCUT2D eigenvalue weighted by atomic mass is 9.75. The Balaban J connectivity index is 1.27. The maximum atomic E-state index is 13.4. The second kappa shape index (κ2) is 8.75. The normalized spacial score (nSPS) is 23.3. The molecule has 0 bridgehead atoms. The molecular formula is C24H28N4O3S. The van der Waals surface area contributed by atoms with Crippen LogP contribution in [0.4, 0.5) is 0 Å². The van der Waals surface area contributed by atoms with Gasteiger partial charge in [0.2, 0.25) is 5.91 Å². The number of piperidine rings is 1. The number of nitrogens with zero attached hydrogens (tertiary/aromatic N) is 4. The Kier molecular flexibility index (Phi) is 5.82. The highest BCUT2D eigenvalue weighted by Gasteiger charge is 2.39. The van der Waals surface area contributed by atoms with Crippen LogP contribution in [0.5, 0.6) is 0 Å². The molecule has 8 heteroatoms. The molecule has 0 spiro atoms. The monoisotopic (exact) mass is 452 g/mol. The Labute approximate surface area is 190 Å². The standard InChI is InChI=1S/C24H28N4O3S/c29-22(19-5-2-1-4-18(19)17-7-13-32-14-17)27-11-8-24(31,9-12-27)15-28-16-26-20-6-3-10-25-21(20)23(28)30/h3,6-7,10,13-14,16,18-19,31H,1-2,4-5,8-9,11-12,15H2. The summed E-state index contributed by atoms with van der Waals surface area (Å²) >= 11 is 1.69. The van der Waals surface area contributed by atoms with Crippen molar-refractivity contribution >= 4 is 28.3 Å². The molecule has 1 saturated heterocycles. The van der Waals surface area contributed by atoms with Gasteiger partial charge in [0.1, 0.15) is 0 Å². The Morgan fingerprint density at radius 3 is 2.78 bits per heavy atom. The Morgan fingerprint density at radius 2 is 2.00 bits per heavy atom. The van der Waals surface area contributed by atoms with Crippen molar-refractivity contribution in [1.82, 2.24) is 19.4 Å². The lowest BCUT2D eigenvalue weighted by Crippen LogP contribution is -2.51. The molecule has 0 radical (unpaired) electrons. The van der Waals surface area contributed by atoms with Gasteiger partial charge in [0.15, 0.2) is 5.52 Å². The molecule has 2 unspecified atom stereocenters. The molecule has 1 saturated carbocycles. The first-order valence-corrected chi connectivity index (χ1v) is 12.3. The van der Waals surface area contributed by atoms with Crippen molar-refractivity contribution in [3.05, 3.63) is 57.4 Å². The summed E-state index contributed by atoms with van der Waals surface area (Å²) in [7, 11) is 0. The summed E-state index contributed by atoms with van der Waals surface area (Å²) in [6.45, 7) is 1.18. The first-order valence-electron chi connectivity index (χ1n) is 11.4. The fraction of sp³-hybridized carbons (Fsp3) is 0.500. The van der Waals surface area contributed by atoms with Gasteiger partial charge in [-0.25, -0.2) is 9.97 Å². The van der Waals surface area contributed by atoms with Crippen LogP contribution >= 0.6 is 11.3 Å². The van der Waals surface area contributed by atoms with Crippen molar-refractivity contribution < 1.29 is 9.90 Å². The minimum Gasteiger partial charge on any atom is -0.388 e. The third-order valence-electron chi connectivity index (χ3n) is 7.11. The highest BCUT2D eigenvalue weighted by atomic mass is 32.1. The maximum absolute atomic E-state index is 13.4. The van der Waals surface area contributed by atoms with Crippen LogP contribution in [0.25, 0.3) is 11.0 Å². The van der Waals surface area contributed by atoms with Crippen molar-refractivity contribution in [3.8, 4) is 0 Å². The smallest absolute Gasteiger partial charge is 0.279 e. The number of amides is 1. The van der Waals surface area contributed by atoms with Gasteiger partial charge in [-0.05, 0) is 66.1 Å². The number of hydrogen-bond donors (Lipinski definition) is 1.